The molecule has 1 saturated carbocycles. The van der Waals surface area contributed by atoms with Crippen LogP contribution >= 0.6 is 11.3 Å². The SMILES string of the molecule is O=C(OCCN1CCCCC1)C(=C1CCCCC1)c1ccsc1. The maximum absolute atomic E-state index is 12.7. The molecule has 0 spiro atoms. The van der Waals surface area contributed by atoms with Gasteiger partial charge in [-0.3, -0.25) is 4.90 Å². The molecule has 1 aromatic rings. The molecule has 2 fully saturated rings. The second-order valence-electron chi connectivity index (χ2n) is 6.59. The van der Waals surface area contributed by atoms with Crippen LogP contribution in [0.5, 0.6) is 0 Å². The molecule has 2 heterocycles. The highest BCUT2D eigenvalue weighted by Gasteiger charge is 2.21. The van der Waals surface area contributed by atoms with Crippen molar-refractivity contribution in [2.45, 2.75) is 51.4 Å². The van der Waals surface area contributed by atoms with Crippen LogP contribution < -0.4 is 0 Å². The van der Waals surface area contributed by atoms with Crippen molar-refractivity contribution in [1.82, 2.24) is 4.90 Å². The minimum atomic E-state index is -0.114. The van der Waals surface area contributed by atoms with E-state index in [1.165, 1.54) is 44.1 Å². The zero-order chi connectivity index (χ0) is 15.9. The van der Waals surface area contributed by atoms with E-state index >= 15 is 0 Å². The lowest BCUT2D eigenvalue weighted by atomic mass is 9.89. The number of carbonyl (C=O) groups excluding carboxylic acids is 1. The molecule has 0 N–H and O–H groups in total. The van der Waals surface area contributed by atoms with E-state index in [9.17, 15) is 4.79 Å². The van der Waals surface area contributed by atoms with Crippen LogP contribution in [0.4, 0.5) is 0 Å². The Kier molecular flexibility index (Phi) is 6.29. The molecule has 1 aromatic heterocycles. The molecule has 1 aliphatic carbocycles. The predicted octanol–water partition coefficient (Wildman–Crippen LogP) is 4.49. The minimum Gasteiger partial charge on any atom is -0.461 e. The van der Waals surface area contributed by atoms with Gasteiger partial charge < -0.3 is 4.74 Å². The fourth-order valence-corrected chi connectivity index (χ4v) is 4.27. The first-order valence-electron chi connectivity index (χ1n) is 8.98. The zero-order valence-electron chi connectivity index (χ0n) is 13.9. The molecular weight excluding hydrogens is 306 g/mol. The number of hydrogen-bond donors (Lipinski definition) is 0. The van der Waals surface area contributed by atoms with Crippen molar-refractivity contribution in [3.05, 3.63) is 28.0 Å². The maximum Gasteiger partial charge on any atom is 0.338 e. The summed E-state index contributed by atoms with van der Waals surface area (Å²) in [5.74, 6) is -0.114. The van der Waals surface area contributed by atoms with Gasteiger partial charge in [0.05, 0.1) is 5.57 Å². The van der Waals surface area contributed by atoms with Gasteiger partial charge in [-0.1, -0.05) is 18.4 Å². The fraction of sp³-hybridized carbons (Fsp3) is 0.632. The Hall–Kier alpha value is -1.13. The predicted molar refractivity (Wildman–Crippen MR) is 95.6 cm³/mol. The van der Waals surface area contributed by atoms with Gasteiger partial charge in [-0.15, -0.1) is 0 Å². The Morgan fingerprint density at radius 1 is 1.09 bits per heavy atom. The summed E-state index contributed by atoms with van der Waals surface area (Å²) in [5.41, 5.74) is 3.21. The van der Waals surface area contributed by atoms with Crippen LogP contribution in [0, 0.1) is 0 Å². The topological polar surface area (TPSA) is 29.5 Å². The number of ether oxygens (including phenoxy) is 1. The Morgan fingerprint density at radius 2 is 1.83 bits per heavy atom. The van der Waals surface area contributed by atoms with Crippen molar-refractivity contribution in [1.29, 1.82) is 0 Å². The van der Waals surface area contributed by atoms with Crippen LogP contribution in [0.1, 0.15) is 56.9 Å². The largest absolute Gasteiger partial charge is 0.461 e. The lowest BCUT2D eigenvalue weighted by Crippen LogP contribution is -2.33. The van der Waals surface area contributed by atoms with Crippen LogP contribution in [0.15, 0.2) is 22.4 Å². The van der Waals surface area contributed by atoms with Crippen molar-refractivity contribution >= 4 is 22.9 Å². The highest BCUT2D eigenvalue weighted by atomic mass is 32.1. The van der Waals surface area contributed by atoms with E-state index in [1.54, 1.807) is 11.3 Å². The first kappa shape index (κ1) is 16.7. The van der Waals surface area contributed by atoms with Crippen LogP contribution in [0.3, 0.4) is 0 Å². The molecule has 23 heavy (non-hydrogen) atoms. The standard InChI is InChI=1S/C19H27NO2S/c21-19(22-13-12-20-10-5-2-6-11-20)18(17-9-14-23-15-17)16-7-3-1-4-8-16/h9,14-15H,1-8,10-13H2. The number of likely N-dealkylation sites (tertiary alicyclic amines) is 1. The number of esters is 1. The van der Waals surface area contributed by atoms with Crippen molar-refractivity contribution in [3.63, 3.8) is 0 Å². The van der Waals surface area contributed by atoms with E-state index in [0.29, 0.717) is 6.61 Å². The van der Waals surface area contributed by atoms with Gasteiger partial charge in [-0.2, -0.15) is 11.3 Å². The molecule has 126 valence electrons. The van der Waals surface area contributed by atoms with Crippen molar-refractivity contribution in [2.24, 2.45) is 0 Å². The van der Waals surface area contributed by atoms with Gasteiger partial charge in [-0.05, 0) is 74.0 Å². The lowest BCUT2D eigenvalue weighted by molar-refractivity contribution is -0.137. The third-order valence-corrected chi connectivity index (χ3v) is 5.60. The zero-order valence-corrected chi connectivity index (χ0v) is 14.7. The quantitative estimate of drug-likeness (QED) is 0.587. The Balaban J connectivity index is 1.61. The molecule has 0 unspecified atom stereocenters. The average molecular weight is 333 g/mol. The Bertz CT molecular complexity index is 522. The van der Waals surface area contributed by atoms with Crippen LogP contribution in [-0.4, -0.2) is 37.1 Å². The van der Waals surface area contributed by atoms with Crippen LogP contribution in [-0.2, 0) is 9.53 Å². The second kappa shape index (κ2) is 8.65. The van der Waals surface area contributed by atoms with Crippen molar-refractivity contribution in [2.75, 3.05) is 26.2 Å². The minimum absolute atomic E-state index is 0.114. The highest BCUT2D eigenvalue weighted by Crippen LogP contribution is 2.32. The fourth-order valence-electron chi connectivity index (χ4n) is 3.62. The van der Waals surface area contributed by atoms with E-state index in [4.69, 9.17) is 4.74 Å². The van der Waals surface area contributed by atoms with E-state index in [2.05, 4.69) is 10.3 Å². The van der Waals surface area contributed by atoms with Crippen LogP contribution in [0.2, 0.25) is 0 Å². The van der Waals surface area contributed by atoms with Crippen molar-refractivity contribution in [3.8, 4) is 0 Å². The summed E-state index contributed by atoms with van der Waals surface area (Å²) in [6.45, 7) is 3.68. The van der Waals surface area contributed by atoms with E-state index in [1.807, 2.05) is 11.4 Å². The van der Waals surface area contributed by atoms with E-state index in [0.717, 1.165) is 43.6 Å². The number of allylic oxidation sites excluding steroid dienone is 1. The summed E-state index contributed by atoms with van der Waals surface area (Å²) in [6, 6.07) is 2.05. The van der Waals surface area contributed by atoms with Gasteiger partial charge in [0.25, 0.3) is 0 Å². The molecule has 0 aromatic carbocycles. The van der Waals surface area contributed by atoms with Crippen molar-refractivity contribution < 1.29 is 9.53 Å². The maximum atomic E-state index is 12.7. The molecule has 1 saturated heterocycles. The first-order chi connectivity index (χ1) is 11.3. The Labute approximate surface area is 143 Å². The third-order valence-electron chi connectivity index (χ3n) is 4.91. The Morgan fingerprint density at radius 3 is 2.52 bits per heavy atom. The van der Waals surface area contributed by atoms with Gasteiger partial charge in [0, 0.05) is 6.54 Å². The monoisotopic (exact) mass is 333 g/mol. The van der Waals surface area contributed by atoms with Gasteiger partial charge in [0.15, 0.2) is 0 Å². The molecule has 1 aliphatic heterocycles. The molecule has 2 aliphatic rings. The van der Waals surface area contributed by atoms with Gasteiger partial charge >= 0.3 is 5.97 Å². The third kappa shape index (κ3) is 4.67. The van der Waals surface area contributed by atoms with Gasteiger partial charge in [-0.25, -0.2) is 4.79 Å². The molecule has 3 nitrogen and oxygen atoms in total. The van der Waals surface area contributed by atoms with Gasteiger partial charge in [0.1, 0.15) is 6.61 Å². The highest BCUT2D eigenvalue weighted by molar-refractivity contribution is 7.08. The summed E-state index contributed by atoms with van der Waals surface area (Å²) in [7, 11) is 0. The summed E-state index contributed by atoms with van der Waals surface area (Å²) in [4.78, 5) is 15.1. The molecule has 3 rings (SSSR count). The average Bonchev–Trinajstić information content (AvgIpc) is 3.11. The van der Waals surface area contributed by atoms with E-state index < -0.39 is 0 Å². The molecule has 0 radical (unpaired) electrons. The number of carbonyl (C=O) groups is 1. The summed E-state index contributed by atoms with van der Waals surface area (Å²) < 4.78 is 5.65. The summed E-state index contributed by atoms with van der Waals surface area (Å²) in [6.07, 6.45) is 9.66. The summed E-state index contributed by atoms with van der Waals surface area (Å²) >= 11 is 1.65. The molecule has 0 atom stereocenters. The number of piperidine rings is 1. The number of thiophene rings is 1. The second-order valence-corrected chi connectivity index (χ2v) is 7.37. The molecule has 0 bridgehead atoms. The molecular formula is C19H27NO2S. The normalized spacial score (nSPS) is 19.6. The summed E-state index contributed by atoms with van der Waals surface area (Å²) in [5, 5.41) is 4.11. The number of hydrogen-bond acceptors (Lipinski definition) is 4. The number of rotatable bonds is 5. The molecule has 4 heteroatoms. The smallest absolute Gasteiger partial charge is 0.338 e. The lowest BCUT2D eigenvalue weighted by Gasteiger charge is -2.26. The van der Waals surface area contributed by atoms with Crippen LogP contribution in [0.25, 0.3) is 5.57 Å². The number of nitrogens with zero attached hydrogens (tertiary/aromatic N) is 1. The molecule has 0 amide bonds. The first-order valence-corrected chi connectivity index (χ1v) is 9.93. The van der Waals surface area contributed by atoms with E-state index in [-0.39, 0.29) is 5.97 Å². The van der Waals surface area contributed by atoms with Gasteiger partial charge in [0.2, 0.25) is 0 Å².